The van der Waals surface area contributed by atoms with Crippen molar-refractivity contribution in [3.63, 3.8) is 0 Å². The van der Waals surface area contributed by atoms with Crippen molar-refractivity contribution in [1.82, 2.24) is 5.06 Å². The summed E-state index contributed by atoms with van der Waals surface area (Å²) < 4.78 is 0. The third kappa shape index (κ3) is 1.18. The first-order valence-electron chi connectivity index (χ1n) is 2.94. The van der Waals surface area contributed by atoms with Crippen LogP contribution < -0.4 is 0 Å². The first kappa shape index (κ1) is 6.01. The van der Waals surface area contributed by atoms with Gasteiger partial charge in [-0.05, 0) is 19.3 Å². The first-order valence-corrected chi connectivity index (χ1v) is 2.94. The SMILES string of the molecule is OC1CCCCN1O. The van der Waals surface area contributed by atoms with Crippen LogP contribution >= 0.6 is 0 Å². The average molecular weight is 117 g/mol. The number of nitrogens with zero attached hydrogens (tertiary/aromatic N) is 1. The highest BCUT2D eigenvalue weighted by molar-refractivity contribution is 4.59. The van der Waals surface area contributed by atoms with Crippen LogP contribution in [0.2, 0.25) is 0 Å². The van der Waals surface area contributed by atoms with E-state index < -0.39 is 6.23 Å². The second-order valence-corrected chi connectivity index (χ2v) is 2.14. The van der Waals surface area contributed by atoms with E-state index in [0.29, 0.717) is 13.0 Å². The van der Waals surface area contributed by atoms with Crippen LogP contribution in [0.15, 0.2) is 0 Å². The highest BCUT2D eigenvalue weighted by Gasteiger charge is 2.16. The van der Waals surface area contributed by atoms with Gasteiger partial charge in [0.25, 0.3) is 0 Å². The van der Waals surface area contributed by atoms with E-state index in [1.807, 2.05) is 0 Å². The van der Waals surface area contributed by atoms with Crippen LogP contribution in [0.5, 0.6) is 0 Å². The van der Waals surface area contributed by atoms with Gasteiger partial charge in [-0.15, -0.1) is 0 Å². The van der Waals surface area contributed by atoms with Gasteiger partial charge >= 0.3 is 0 Å². The highest BCUT2D eigenvalue weighted by atomic mass is 16.5. The summed E-state index contributed by atoms with van der Waals surface area (Å²) in [4.78, 5) is 0. The number of aliphatic hydroxyl groups is 1. The van der Waals surface area contributed by atoms with Gasteiger partial charge in [-0.3, -0.25) is 0 Å². The van der Waals surface area contributed by atoms with Gasteiger partial charge < -0.3 is 10.3 Å². The van der Waals surface area contributed by atoms with Crippen molar-refractivity contribution in [1.29, 1.82) is 0 Å². The largest absolute Gasteiger partial charge is 0.376 e. The zero-order valence-corrected chi connectivity index (χ0v) is 4.75. The summed E-state index contributed by atoms with van der Waals surface area (Å²) in [6.45, 7) is 0.612. The monoisotopic (exact) mass is 117 g/mol. The minimum Gasteiger partial charge on any atom is -0.376 e. The van der Waals surface area contributed by atoms with Crippen molar-refractivity contribution < 1.29 is 10.3 Å². The lowest BCUT2D eigenvalue weighted by atomic mass is 10.1. The Morgan fingerprint density at radius 3 is 2.50 bits per heavy atom. The van der Waals surface area contributed by atoms with Gasteiger partial charge in [0.15, 0.2) is 0 Å². The predicted octanol–water partition coefficient (Wildman–Crippen LogP) is 0.180. The Morgan fingerprint density at radius 2 is 2.12 bits per heavy atom. The molecule has 1 aliphatic rings. The van der Waals surface area contributed by atoms with Gasteiger partial charge in [-0.2, -0.15) is 5.06 Å². The summed E-state index contributed by atoms with van der Waals surface area (Å²) in [6.07, 6.45) is 2.12. The minimum absolute atomic E-state index is 0.608. The molecule has 8 heavy (non-hydrogen) atoms. The fraction of sp³-hybridized carbons (Fsp3) is 1.00. The molecule has 0 aromatic heterocycles. The van der Waals surface area contributed by atoms with Gasteiger partial charge in [0.2, 0.25) is 0 Å². The van der Waals surface area contributed by atoms with Crippen molar-refractivity contribution in [2.75, 3.05) is 6.54 Å². The fourth-order valence-corrected chi connectivity index (χ4v) is 0.899. The molecule has 1 fully saturated rings. The molecule has 1 atom stereocenters. The standard InChI is InChI=1S/C5H11NO2/c7-5-3-1-2-4-6(5)8/h5,7-8H,1-4H2. The molecule has 1 aliphatic heterocycles. The van der Waals surface area contributed by atoms with E-state index in [-0.39, 0.29) is 0 Å². The molecule has 0 spiro atoms. The molecule has 0 saturated carbocycles. The second kappa shape index (κ2) is 2.44. The minimum atomic E-state index is -0.608. The lowest BCUT2D eigenvalue weighted by Gasteiger charge is -2.25. The molecule has 3 nitrogen and oxygen atoms in total. The van der Waals surface area contributed by atoms with Gasteiger partial charge in [-0.25, -0.2) is 0 Å². The third-order valence-corrected chi connectivity index (χ3v) is 1.44. The van der Waals surface area contributed by atoms with Crippen LogP contribution in [0.3, 0.4) is 0 Å². The van der Waals surface area contributed by atoms with E-state index in [1.54, 1.807) is 0 Å². The number of hydrogen-bond donors (Lipinski definition) is 2. The number of rotatable bonds is 0. The van der Waals surface area contributed by atoms with Crippen LogP contribution in [-0.4, -0.2) is 28.1 Å². The Kier molecular flexibility index (Phi) is 1.83. The zero-order chi connectivity index (χ0) is 5.98. The molecule has 0 aromatic carbocycles. The maximum absolute atomic E-state index is 8.85. The molecule has 1 unspecified atom stereocenters. The number of aliphatic hydroxyl groups excluding tert-OH is 1. The number of piperidine rings is 1. The molecule has 1 saturated heterocycles. The van der Waals surface area contributed by atoms with Crippen molar-refractivity contribution >= 4 is 0 Å². The van der Waals surface area contributed by atoms with E-state index in [9.17, 15) is 0 Å². The summed E-state index contributed by atoms with van der Waals surface area (Å²) in [5, 5.41) is 18.6. The van der Waals surface area contributed by atoms with E-state index in [4.69, 9.17) is 10.3 Å². The Morgan fingerprint density at radius 1 is 1.38 bits per heavy atom. The summed E-state index contributed by atoms with van der Waals surface area (Å²) >= 11 is 0. The Hall–Kier alpha value is -0.120. The maximum atomic E-state index is 8.85. The molecule has 0 amide bonds. The third-order valence-electron chi connectivity index (χ3n) is 1.44. The van der Waals surface area contributed by atoms with Gasteiger partial charge in [-0.1, -0.05) is 0 Å². The molecule has 1 rings (SSSR count). The predicted molar refractivity (Wildman–Crippen MR) is 28.4 cm³/mol. The Labute approximate surface area is 48.5 Å². The van der Waals surface area contributed by atoms with E-state index >= 15 is 0 Å². The highest BCUT2D eigenvalue weighted by Crippen LogP contribution is 2.11. The van der Waals surface area contributed by atoms with Crippen LogP contribution in [0, 0.1) is 0 Å². The quantitative estimate of drug-likeness (QED) is 0.475. The summed E-state index contributed by atoms with van der Waals surface area (Å²) in [5.41, 5.74) is 0. The molecule has 0 aliphatic carbocycles. The van der Waals surface area contributed by atoms with Crippen molar-refractivity contribution in [2.45, 2.75) is 25.5 Å². The maximum Gasteiger partial charge on any atom is 0.129 e. The van der Waals surface area contributed by atoms with Gasteiger partial charge in [0, 0.05) is 6.54 Å². The molecule has 3 heteroatoms. The Balaban J connectivity index is 2.28. The molecule has 0 aromatic rings. The Bertz CT molecular complexity index is 66.8. The molecular weight excluding hydrogens is 106 g/mol. The first-order chi connectivity index (χ1) is 3.80. The summed E-state index contributed by atoms with van der Waals surface area (Å²) in [5.74, 6) is 0. The molecule has 0 bridgehead atoms. The smallest absolute Gasteiger partial charge is 0.129 e. The fourth-order valence-electron chi connectivity index (χ4n) is 0.899. The summed E-state index contributed by atoms with van der Waals surface area (Å²) in [7, 11) is 0. The topological polar surface area (TPSA) is 43.7 Å². The molecule has 0 radical (unpaired) electrons. The lowest BCUT2D eigenvalue weighted by molar-refractivity contribution is -0.210. The normalized spacial score (nSPS) is 33.0. The lowest BCUT2D eigenvalue weighted by Crippen LogP contribution is -2.36. The molecular formula is C5H11NO2. The molecule has 2 N–H and O–H groups in total. The number of hydrogen-bond acceptors (Lipinski definition) is 3. The van der Waals surface area contributed by atoms with Crippen LogP contribution in [0.4, 0.5) is 0 Å². The van der Waals surface area contributed by atoms with Crippen LogP contribution in [0.25, 0.3) is 0 Å². The molecule has 1 heterocycles. The van der Waals surface area contributed by atoms with Crippen LogP contribution in [0.1, 0.15) is 19.3 Å². The van der Waals surface area contributed by atoms with Gasteiger partial charge in [0.05, 0.1) is 0 Å². The van der Waals surface area contributed by atoms with E-state index in [2.05, 4.69) is 0 Å². The summed E-state index contributed by atoms with van der Waals surface area (Å²) in [6, 6.07) is 0. The molecule has 48 valence electrons. The van der Waals surface area contributed by atoms with Crippen LogP contribution in [-0.2, 0) is 0 Å². The van der Waals surface area contributed by atoms with Crippen molar-refractivity contribution in [2.24, 2.45) is 0 Å². The van der Waals surface area contributed by atoms with Crippen molar-refractivity contribution in [3.8, 4) is 0 Å². The average Bonchev–Trinajstić information content (AvgIpc) is 1.77. The zero-order valence-electron chi connectivity index (χ0n) is 4.75. The van der Waals surface area contributed by atoms with Gasteiger partial charge in [0.1, 0.15) is 6.23 Å². The van der Waals surface area contributed by atoms with E-state index in [0.717, 1.165) is 17.9 Å². The number of hydroxylamine groups is 2. The van der Waals surface area contributed by atoms with E-state index in [1.165, 1.54) is 0 Å². The second-order valence-electron chi connectivity index (χ2n) is 2.14. The van der Waals surface area contributed by atoms with Crippen molar-refractivity contribution in [3.05, 3.63) is 0 Å².